The molecular formula is C21H21ClSi. The van der Waals surface area contributed by atoms with Gasteiger partial charge in [0.15, 0.2) is 0 Å². The second kappa shape index (κ2) is 7.63. The van der Waals surface area contributed by atoms with E-state index in [1.807, 2.05) is 0 Å². The zero-order chi connectivity index (χ0) is 16.0. The van der Waals surface area contributed by atoms with Crippen molar-refractivity contribution in [2.75, 3.05) is 5.88 Å². The summed E-state index contributed by atoms with van der Waals surface area (Å²) in [6, 6.07) is 34.1. The van der Waals surface area contributed by atoms with Gasteiger partial charge in [-0.05, 0) is 28.0 Å². The lowest BCUT2D eigenvalue weighted by atomic mass is 10.3. The van der Waals surface area contributed by atoms with Crippen molar-refractivity contribution in [2.45, 2.75) is 12.5 Å². The molecule has 3 aromatic carbocycles. The molecule has 0 nitrogen and oxygen atoms in total. The summed E-state index contributed by atoms with van der Waals surface area (Å²) in [6.45, 7) is 0. The summed E-state index contributed by atoms with van der Waals surface area (Å²) in [4.78, 5) is 0. The van der Waals surface area contributed by atoms with E-state index in [2.05, 4.69) is 91.0 Å². The average molecular weight is 337 g/mol. The lowest BCUT2D eigenvalue weighted by Crippen LogP contribution is -2.66. The molecule has 0 aliphatic heterocycles. The molecule has 0 N–H and O–H groups in total. The van der Waals surface area contributed by atoms with Gasteiger partial charge in [-0.3, -0.25) is 0 Å². The molecule has 0 unspecified atom stereocenters. The Morgan fingerprint density at radius 3 is 1.22 bits per heavy atom. The molecule has 3 rings (SSSR count). The quantitative estimate of drug-likeness (QED) is 0.365. The minimum Gasteiger partial charge on any atom is -0.127 e. The van der Waals surface area contributed by atoms with Crippen molar-refractivity contribution in [2.24, 2.45) is 0 Å². The van der Waals surface area contributed by atoms with Crippen LogP contribution in [0.5, 0.6) is 0 Å². The molecule has 3 aromatic rings. The molecule has 0 heterocycles. The Hall–Kier alpha value is -1.83. The smallest absolute Gasteiger partial charge is 0.127 e. The van der Waals surface area contributed by atoms with Crippen molar-refractivity contribution in [3.63, 3.8) is 0 Å². The van der Waals surface area contributed by atoms with Gasteiger partial charge >= 0.3 is 0 Å². The summed E-state index contributed by atoms with van der Waals surface area (Å²) in [7, 11) is -2.03. The predicted octanol–water partition coefficient (Wildman–Crippen LogP) is 3.79. The third-order valence-corrected chi connectivity index (χ3v) is 9.81. The highest BCUT2D eigenvalue weighted by Crippen LogP contribution is 2.15. The number of hydrogen-bond acceptors (Lipinski definition) is 0. The van der Waals surface area contributed by atoms with Crippen molar-refractivity contribution in [1.82, 2.24) is 0 Å². The highest BCUT2D eigenvalue weighted by molar-refractivity contribution is 7.11. The van der Waals surface area contributed by atoms with Crippen LogP contribution in [0.1, 0.15) is 6.42 Å². The normalized spacial score (nSPS) is 11.3. The zero-order valence-corrected chi connectivity index (χ0v) is 14.9. The molecule has 0 radical (unpaired) electrons. The van der Waals surface area contributed by atoms with Crippen LogP contribution in [0.4, 0.5) is 0 Å². The molecule has 0 aliphatic rings. The van der Waals surface area contributed by atoms with E-state index in [0.717, 1.165) is 12.5 Å². The fourth-order valence-electron chi connectivity index (χ4n) is 3.43. The Balaban J connectivity index is 2.25. The standard InChI is InChI=1S/C21H21ClSi/c22-17-10-18-23(19-11-4-1-5-12-19,20-13-6-2-7-14-20)21-15-8-3-9-16-21/h1-9,11-16H,10,17-18H2. The zero-order valence-electron chi connectivity index (χ0n) is 13.2. The number of benzene rings is 3. The highest BCUT2D eigenvalue weighted by atomic mass is 35.5. The van der Waals surface area contributed by atoms with E-state index in [-0.39, 0.29) is 0 Å². The topological polar surface area (TPSA) is 0 Å². The third-order valence-electron chi connectivity index (χ3n) is 4.49. The largest absolute Gasteiger partial charge is 0.148 e. The van der Waals surface area contributed by atoms with Crippen LogP contribution in [0, 0.1) is 0 Å². The number of hydrogen-bond donors (Lipinski definition) is 0. The molecule has 0 atom stereocenters. The molecule has 0 saturated carbocycles. The van der Waals surface area contributed by atoms with Crippen molar-refractivity contribution >= 4 is 35.2 Å². The van der Waals surface area contributed by atoms with Gasteiger partial charge < -0.3 is 0 Å². The first-order valence-electron chi connectivity index (χ1n) is 8.10. The van der Waals surface area contributed by atoms with Crippen LogP contribution in [0.25, 0.3) is 0 Å². The summed E-state index contributed by atoms with van der Waals surface area (Å²) in [5, 5.41) is 4.38. The molecule has 116 valence electrons. The summed E-state index contributed by atoms with van der Waals surface area (Å²) in [5.41, 5.74) is 0. The van der Waals surface area contributed by atoms with Crippen LogP contribution in [-0.2, 0) is 0 Å². The van der Waals surface area contributed by atoms with Gasteiger partial charge in [0.25, 0.3) is 0 Å². The van der Waals surface area contributed by atoms with Crippen LogP contribution >= 0.6 is 11.6 Å². The molecule has 0 spiro atoms. The summed E-state index contributed by atoms with van der Waals surface area (Å²) in [5.74, 6) is 0.710. The minimum atomic E-state index is -2.03. The number of alkyl halides is 1. The molecule has 0 amide bonds. The van der Waals surface area contributed by atoms with Gasteiger partial charge in [0.1, 0.15) is 8.07 Å². The van der Waals surface area contributed by atoms with E-state index in [4.69, 9.17) is 11.6 Å². The molecule has 0 aliphatic carbocycles. The van der Waals surface area contributed by atoms with Gasteiger partial charge in [-0.15, -0.1) is 11.6 Å². The van der Waals surface area contributed by atoms with Crippen molar-refractivity contribution in [1.29, 1.82) is 0 Å². The minimum absolute atomic E-state index is 0.710. The van der Waals surface area contributed by atoms with Crippen LogP contribution in [0.2, 0.25) is 6.04 Å². The second-order valence-corrected chi connectivity index (χ2v) is 10.2. The van der Waals surface area contributed by atoms with Crippen LogP contribution < -0.4 is 15.6 Å². The number of halogens is 1. The fourth-order valence-corrected chi connectivity index (χ4v) is 8.65. The summed E-state index contributed by atoms with van der Waals surface area (Å²) in [6.07, 6.45) is 1.03. The molecule has 0 saturated heterocycles. The average Bonchev–Trinajstić information content (AvgIpc) is 2.65. The van der Waals surface area contributed by atoms with Gasteiger partial charge in [0, 0.05) is 5.88 Å². The van der Waals surface area contributed by atoms with Gasteiger partial charge in [-0.2, -0.15) is 0 Å². The van der Waals surface area contributed by atoms with Crippen LogP contribution in [0.3, 0.4) is 0 Å². The Morgan fingerprint density at radius 2 is 0.913 bits per heavy atom. The highest BCUT2D eigenvalue weighted by Gasteiger charge is 2.38. The molecule has 2 heteroatoms. The molecule has 0 bridgehead atoms. The van der Waals surface area contributed by atoms with Gasteiger partial charge in [-0.1, -0.05) is 91.0 Å². The Labute approximate surface area is 144 Å². The van der Waals surface area contributed by atoms with Crippen LogP contribution in [-0.4, -0.2) is 14.0 Å². The maximum absolute atomic E-state index is 6.09. The summed E-state index contributed by atoms with van der Waals surface area (Å²) >= 11 is 6.09. The summed E-state index contributed by atoms with van der Waals surface area (Å²) < 4.78 is 0. The maximum Gasteiger partial charge on any atom is 0.148 e. The SMILES string of the molecule is ClCCC[Si](c1ccccc1)(c1ccccc1)c1ccccc1. The lowest BCUT2D eigenvalue weighted by molar-refractivity contribution is 1.07. The molecule has 23 heavy (non-hydrogen) atoms. The maximum atomic E-state index is 6.09. The Morgan fingerprint density at radius 1 is 0.565 bits per heavy atom. The first-order valence-corrected chi connectivity index (χ1v) is 10.8. The van der Waals surface area contributed by atoms with E-state index in [1.54, 1.807) is 0 Å². The monoisotopic (exact) mass is 336 g/mol. The van der Waals surface area contributed by atoms with Crippen molar-refractivity contribution in [3.8, 4) is 0 Å². The van der Waals surface area contributed by atoms with Gasteiger partial charge in [0.05, 0.1) is 0 Å². The molecule has 0 aromatic heterocycles. The van der Waals surface area contributed by atoms with E-state index >= 15 is 0 Å². The van der Waals surface area contributed by atoms with E-state index in [0.29, 0.717) is 5.88 Å². The second-order valence-electron chi connectivity index (χ2n) is 5.80. The van der Waals surface area contributed by atoms with Crippen LogP contribution in [0.15, 0.2) is 91.0 Å². The Bertz CT molecular complexity index is 614. The molecular weight excluding hydrogens is 316 g/mol. The van der Waals surface area contributed by atoms with Gasteiger partial charge in [-0.25, -0.2) is 0 Å². The van der Waals surface area contributed by atoms with Crippen molar-refractivity contribution in [3.05, 3.63) is 91.0 Å². The van der Waals surface area contributed by atoms with Gasteiger partial charge in [0.2, 0.25) is 0 Å². The fraction of sp³-hybridized carbons (Fsp3) is 0.143. The first-order chi connectivity index (χ1) is 11.4. The number of rotatable bonds is 6. The van der Waals surface area contributed by atoms with E-state index < -0.39 is 8.07 Å². The lowest BCUT2D eigenvalue weighted by Gasteiger charge is -2.33. The third kappa shape index (κ3) is 3.26. The first kappa shape index (κ1) is 16.0. The van der Waals surface area contributed by atoms with E-state index in [1.165, 1.54) is 15.6 Å². The predicted molar refractivity (Wildman–Crippen MR) is 104 cm³/mol. The van der Waals surface area contributed by atoms with Crippen molar-refractivity contribution < 1.29 is 0 Å². The molecule has 0 fully saturated rings. The van der Waals surface area contributed by atoms with E-state index in [9.17, 15) is 0 Å². The Kier molecular flexibility index (Phi) is 5.32.